The van der Waals surface area contributed by atoms with Crippen LogP contribution in [0.25, 0.3) is 6.08 Å². The molecule has 0 radical (unpaired) electrons. The average molecular weight is 265 g/mol. The number of nitrogens with zero attached hydrogens (tertiary/aromatic N) is 1. The molecule has 0 amide bonds. The Kier molecular flexibility index (Phi) is 4.84. The third kappa shape index (κ3) is 3.92. The van der Waals surface area contributed by atoms with Crippen molar-refractivity contribution in [3.8, 4) is 0 Å². The summed E-state index contributed by atoms with van der Waals surface area (Å²) in [7, 11) is 1.35. The summed E-state index contributed by atoms with van der Waals surface area (Å²) in [5.74, 6) is -0.383. The Morgan fingerprint density at radius 3 is 2.50 bits per heavy atom. The van der Waals surface area contributed by atoms with Gasteiger partial charge in [0, 0.05) is 17.9 Å². The lowest BCUT2D eigenvalue weighted by molar-refractivity contribution is -0.134. The Labute approximate surface area is 118 Å². The van der Waals surface area contributed by atoms with Crippen molar-refractivity contribution in [1.29, 1.82) is 0 Å². The Morgan fingerprint density at radius 1 is 1.05 bits per heavy atom. The number of carbonyl (C=O) groups is 1. The highest BCUT2D eigenvalue weighted by atomic mass is 16.5. The van der Waals surface area contributed by atoms with Gasteiger partial charge in [-0.05, 0) is 17.7 Å². The van der Waals surface area contributed by atoms with Gasteiger partial charge in [0.25, 0.3) is 0 Å². The number of rotatable bonds is 4. The van der Waals surface area contributed by atoms with Crippen LogP contribution in [-0.2, 0) is 9.53 Å². The van der Waals surface area contributed by atoms with E-state index in [1.165, 1.54) is 13.2 Å². The number of benzene rings is 2. The maximum absolute atomic E-state index is 11.1. The van der Waals surface area contributed by atoms with Crippen LogP contribution in [0.5, 0.6) is 0 Å². The van der Waals surface area contributed by atoms with Crippen molar-refractivity contribution in [3.63, 3.8) is 0 Å². The quantitative estimate of drug-likeness (QED) is 0.481. The van der Waals surface area contributed by atoms with Crippen LogP contribution >= 0.6 is 0 Å². The highest BCUT2D eigenvalue weighted by molar-refractivity contribution is 5.89. The molecule has 0 atom stereocenters. The van der Waals surface area contributed by atoms with Crippen LogP contribution in [0.1, 0.15) is 11.1 Å². The van der Waals surface area contributed by atoms with Crippen molar-refractivity contribution >= 4 is 23.9 Å². The highest BCUT2D eigenvalue weighted by Crippen LogP contribution is 2.20. The molecular formula is C17H15NO2. The van der Waals surface area contributed by atoms with Gasteiger partial charge in [0.1, 0.15) is 0 Å². The third-order valence-electron chi connectivity index (χ3n) is 2.69. The van der Waals surface area contributed by atoms with E-state index in [2.05, 4.69) is 9.73 Å². The molecule has 0 aliphatic rings. The minimum atomic E-state index is -0.383. The van der Waals surface area contributed by atoms with Gasteiger partial charge in [-0.25, -0.2) is 4.79 Å². The molecule has 0 N–H and O–H groups in total. The van der Waals surface area contributed by atoms with Gasteiger partial charge < -0.3 is 4.74 Å². The summed E-state index contributed by atoms with van der Waals surface area (Å²) in [6.07, 6.45) is 4.88. The lowest BCUT2D eigenvalue weighted by atomic mass is 10.1. The molecule has 0 fully saturated rings. The van der Waals surface area contributed by atoms with Crippen molar-refractivity contribution in [3.05, 3.63) is 71.8 Å². The second kappa shape index (κ2) is 7.04. The zero-order valence-electron chi connectivity index (χ0n) is 11.2. The molecule has 0 spiro atoms. The van der Waals surface area contributed by atoms with Crippen LogP contribution in [-0.4, -0.2) is 19.3 Å². The average Bonchev–Trinajstić information content (AvgIpc) is 2.52. The van der Waals surface area contributed by atoms with Crippen molar-refractivity contribution in [2.24, 2.45) is 4.99 Å². The standard InChI is InChI=1S/C17H15NO2/c1-20-17(19)12-11-15-9-5-6-10-16(15)18-13-14-7-3-2-4-8-14/h2-13H,1H3/b12-11+,18-13?. The second-order valence-electron chi connectivity index (χ2n) is 4.08. The summed E-state index contributed by atoms with van der Waals surface area (Å²) in [4.78, 5) is 15.6. The van der Waals surface area contributed by atoms with E-state index in [-0.39, 0.29) is 5.97 Å². The fraction of sp³-hybridized carbons (Fsp3) is 0.0588. The molecule has 0 aromatic heterocycles. The molecule has 2 aromatic rings. The fourth-order valence-electron chi connectivity index (χ4n) is 1.66. The summed E-state index contributed by atoms with van der Waals surface area (Å²) < 4.78 is 4.58. The van der Waals surface area contributed by atoms with E-state index in [0.717, 1.165) is 16.8 Å². The lowest BCUT2D eigenvalue weighted by Gasteiger charge is -2.00. The number of aliphatic imine (C=N–C) groups is 1. The molecule has 0 heterocycles. The summed E-state index contributed by atoms with van der Waals surface area (Å²) in [6.45, 7) is 0. The number of ether oxygens (including phenoxy) is 1. The molecule has 3 heteroatoms. The van der Waals surface area contributed by atoms with Gasteiger partial charge in [-0.2, -0.15) is 0 Å². The van der Waals surface area contributed by atoms with Gasteiger partial charge in [-0.15, -0.1) is 0 Å². The Hall–Kier alpha value is -2.68. The monoisotopic (exact) mass is 265 g/mol. The number of carbonyl (C=O) groups excluding carboxylic acids is 1. The largest absolute Gasteiger partial charge is 0.466 e. The van der Waals surface area contributed by atoms with Crippen LogP contribution in [0.2, 0.25) is 0 Å². The van der Waals surface area contributed by atoms with Crippen LogP contribution in [0.3, 0.4) is 0 Å². The molecule has 3 nitrogen and oxygen atoms in total. The van der Waals surface area contributed by atoms with E-state index in [1.807, 2.05) is 54.6 Å². The van der Waals surface area contributed by atoms with Gasteiger partial charge in [-0.3, -0.25) is 4.99 Å². The Morgan fingerprint density at radius 2 is 1.75 bits per heavy atom. The first-order valence-electron chi connectivity index (χ1n) is 6.24. The fourth-order valence-corrected chi connectivity index (χ4v) is 1.66. The molecule has 0 bridgehead atoms. The van der Waals surface area contributed by atoms with Crippen LogP contribution in [0.15, 0.2) is 65.7 Å². The molecule has 2 aromatic carbocycles. The van der Waals surface area contributed by atoms with Crippen molar-refractivity contribution < 1.29 is 9.53 Å². The first-order valence-corrected chi connectivity index (χ1v) is 6.24. The lowest BCUT2D eigenvalue weighted by Crippen LogP contribution is -1.93. The first kappa shape index (κ1) is 13.7. The molecule has 0 aliphatic carbocycles. The molecule has 2 rings (SSSR count). The predicted molar refractivity (Wildman–Crippen MR) is 81.2 cm³/mol. The van der Waals surface area contributed by atoms with Crippen LogP contribution < -0.4 is 0 Å². The number of para-hydroxylation sites is 1. The second-order valence-corrected chi connectivity index (χ2v) is 4.08. The van der Waals surface area contributed by atoms with Crippen molar-refractivity contribution in [1.82, 2.24) is 0 Å². The topological polar surface area (TPSA) is 38.7 Å². The van der Waals surface area contributed by atoms with Gasteiger partial charge in [-0.1, -0.05) is 48.5 Å². The molecule has 20 heavy (non-hydrogen) atoms. The van der Waals surface area contributed by atoms with E-state index >= 15 is 0 Å². The van der Waals surface area contributed by atoms with E-state index in [9.17, 15) is 4.79 Å². The van der Waals surface area contributed by atoms with Gasteiger partial charge in [0.05, 0.1) is 12.8 Å². The van der Waals surface area contributed by atoms with Gasteiger partial charge in [0.15, 0.2) is 0 Å². The minimum absolute atomic E-state index is 0.383. The highest BCUT2D eigenvalue weighted by Gasteiger charge is 1.97. The van der Waals surface area contributed by atoms with Gasteiger partial charge >= 0.3 is 5.97 Å². The van der Waals surface area contributed by atoms with Gasteiger partial charge in [0.2, 0.25) is 0 Å². The number of esters is 1. The molecule has 0 saturated heterocycles. The maximum Gasteiger partial charge on any atom is 0.330 e. The molecular weight excluding hydrogens is 250 g/mol. The Bertz CT molecular complexity index is 630. The van der Waals surface area contributed by atoms with E-state index < -0.39 is 0 Å². The van der Waals surface area contributed by atoms with Crippen LogP contribution in [0, 0.1) is 0 Å². The third-order valence-corrected chi connectivity index (χ3v) is 2.69. The maximum atomic E-state index is 11.1. The summed E-state index contributed by atoms with van der Waals surface area (Å²) >= 11 is 0. The Balaban J connectivity index is 2.22. The normalized spacial score (nSPS) is 11.1. The summed E-state index contributed by atoms with van der Waals surface area (Å²) in [6, 6.07) is 17.5. The van der Waals surface area contributed by atoms with Crippen molar-refractivity contribution in [2.45, 2.75) is 0 Å². The van der Waals surface area contributed by atoms with Crippen molar-refractivity contribution in [2.75, 3.05) is 7.11 Å². The molecule has 0 aliphatic heterocycles. The SMILES string of the molecule is COC(=O)/C=C/c1ccccc1N=Cc1ccccc1. The zero-order valence-corrected chi connectivity index (χ0v) is 11.2. The number of hydrogen-bond donors (Lipinski definition) is 0. The number of methoxy groups -OCH3 is 1. The predicted octanol–water partition coefficient (Wildman–Crippen LogP) is 3.62. The van der Waals surface area contributed by atoms with E-state index in [1.54, 1.807) is 12.3 Å². The smallest absolute Gasteiger partial charge is 0.330 e. The van der Waals surface area contributed by atoms with E-state index in [4.69, 9.17) is 0 Å². The first-order chi connectivity index (χ1) is 9.79. The molecule has 100 valence electrons. The zero-order chi connectivity index (χ0) is 14.2. The summed E-state index contributed by atoms with van der Waals surface area (Å²) in [5.41, 5.74) is 2.70. The van der Waals surface area contributed by atoms with Crippen LogP contribution in [0.4, 0.5) is 5.69 Å². The number of hydrogen-bond acceptors (Lipinski definition) is 3. The van der Waals surface area contributed by atoms with E-state index in [0.29, 0.717) is 0 Å². The molecule has 0 unspecified atom stereocenters. The summed E-state index contributed by atoms with van der Waals surface area (Å²) in [5, 5.41) is 0. The minimum Gasteiger partial charge on any atom is -0.466 e. The molecule has 0 saturated carbocycles.